The maximum atomic E-state index is 14.3. The molecule has 0 spiro atoms. The van der Waals surface area contributed by atoms with Crippen molar-refractivity contribution < 1.29 is 126 Å². The minimum atomic E-state index is -1.73. The summed E-state index contributed by atoms with van der Waals surface area (Å²) in [5.74, 6) is 2.93. The van der Waals surface area contributed by atoms with E-state index in [9.17, 15) is 61.8 Å². The number of halogens is 6. The van der Waals surface area contributed by atoms with Gasteiger partial charge in [0.25, 0.3) is 17.3 Å². The van der Waals surface area contributed by atoms with Crippen LogP contribution in [0.4, 0.5) is 43.7 Å². The van der Waals surface area contributed by atoms with Crippen LogP contribution < -0.4 is 32.2 Å². The maximum absolute atomic E-state index is 14.3. The average molecular weight is 1750 g/mol. The molecule has 0 aromatic carbocycles. The summed E-state index contributed by atoms with van der Waals surface area (Å²) in [5, 5.41) is 137. The van der Waals surface area contributed by atoms with Crippen LogP contribution in [0.15, 0.2) is 54.2 Å². The molecule has 0 aliphatic carbocycles. The van der Waals surface area contributed by atoms with Gasteiger partial charge < -0.3 is 121 Å². The van der Waals surface area contributed by atoms with E-state index in [4.69, 9.17) is 85.7 Å². The normalized spacial score (nSPS) is 29.6. The monoisotopic (exact) mass is 1740 g/mol. The maximum Gasteiger partial charge on any atom is 0.294 e. The third kappa shape index (κ3) is 17.6. The summed E-state index contributed by atoms with van der Waals surface area (Å²) in [6, 6.07) is 1.58. The van der Waals surface area contributed by atoms with Gasteiger partial charge in [-0.05, 0) is 47.6 Å². The number of anilines is 3. The predicted molar refractivity (Wildman–Crippen MR) is 405 cm³/mol. The van der Waals surface area contributed by atoms with Gasteiger partial charge in [-0.3, -0.25) is 4.79 Å². The number of hydrogen-bond donors (Lipinski definition) is 16. The number of aromatic nitrogens is 23. The third-order valence-corrected chi connectivity index (χ3v) is 20.1. The van der Waals surface area contributed by atoms with Crippen molar-refractivity contribution in [2.75, 3.05) is 70.6 Å². The number of aliphatic hydroxyl groups excluding tert-OH is 12. The number of ether oxygens (including phenoxy) is 8. The molecule has 123 heavy (non-hydrogen) atoms. The van der Waals surface area contributed by atoms with Gasteiger partial charge in [0.1, 0.15) is 139 Å². The van der Waals surface area contributed by atoms with Crippen LogP contribution in [-0.2, 0) is 28.4 Å². The molecule has 12 aromatic heterocycles. The number of imidazole rings is 6. The number of rotatable bonds is 15. The zero-order chi connectivity index (χ0) is 87.9. The topological polar surface area (TPSA) is 660 Å². The highest BCUT2D eigenvalue weighted by Crippen LogP contribution is 2.42. The SMILES string of the molecule is C.CCOc1nc(C)nn2c([C@@H]3O[C@H](CO)[C@@H](O)[C@H]3F)cnc12.COc1nc(C)nn2c([C@@H]3O[C@H](CO)[C@@H](O)[C@H]3F)cnc12.Cc1nc(N)c2ncc([C@@H]3O[C@H](CO)[C@@H](O)[C@H]3F)n2n1.Cc1nc(N)c2ncc([C@@H]3O[C@H](CO)[C@@H](O)[C@H]3F)n2n1.Cc1nn2c([C@@H]3O[C@H](CO)[C@@H](O)[C@H]3F)cnc2c(=O)[nH]1.Nc1ccnn2c([C@@H]3O[C@H](CO)[C@@H](O)[C@H]3F)cnc12. The zero-order valence-corrected chi connectivity index (χ0v) is 65.3. The molecule has 47 nitrogen and oxygen atoms in total. The lowest BCUT2D eigenvalue weighted by atomic mass is 10.1. The van der Waals surface area contributed by atoms with Crippen molar-refractivity contribution >= 4 is 51.2 Å². The van der Waals surface area contributed by atoms with E-state index in [2.05, 4.69) is 85.4 Å². The number of alkyl halides is 6. The van der Waals surface area contributed by atoms with Crippen LogP contribution in [0.5, 0.6) is 11.8 Å². The first-order valence-electron chi connectivity index (χ1n) is 37.4. The lowest BCUT2D eigenvalue weighted by Crippen LogP contribution is -2.30. The number of fused-ring (bicyclic) bond motifs is 6. The molecule has 0 amide bonds. The zero-order valence-electron chi connectivity index (χ0n) is 65.3. The van der Waals surface area contributed by atoms with Crippen LogP contribution in [-0.4, -0.2) is 337 Å². The molecule has 18 heterocycles. The van der Waals surface area contributed by atoms with Crippen molar-refractivity contribution in [2.24, 2.45) is 0 Å². The molecule has 6 saturated heterocycles. The van der Waals surface area contributed by atoms with E-state index in [1.165, 1.54) is 77.6 Å². The number of nitrogens with two attached hydrogens (primary N) is 3. The number of nitrogens with zero attached hydrogens (tertiary/aromatic N) is 22. The summed E-state index contributed by atoms with van der Waals surface area (Å²) in [6.07, 6.45) is -21.0. The fraction of sp³-hybridized carbons (Fsp3) is 0.557. The highest BCUT2D eigenvalue weighted by atomic mass is 19.2. The molecule has 53 heteroatoms. The summed E-state index contributed by atoms with van der Waals surface area (Å²) in [4.78, 5) is 54.6. The van der Waals surface area contributed by atoms with Gasteiger partial charge in [0.15, 0.2) is 65.6 Å². The lowest BCUT2D eigenvalue weighted by Gasteiger charge is -2.12. The van der Waals surface area contributed by atoms with Gasteiger partial charge in [-0.25, -0.2) is 93.3 Å². The van der Waals surface area contributed by atoms with E-state index in [1.807, 2.05) is 6.92 Å². The Morgan fingerprint density at radius 2 is 0.667 bits per heavy atom. The number of aromatic amines is 1. The second-order valence-corrected chi connectivity index (χ2v) is 28.3. The summed E-state index contributed by atoms with van der Waals surface area (Å²) in [6.45, 7) is 7.63. The summed E-state index contributed by atoms with van der Waals surface area (Å²) in [7, 11) is 1.45. The van der Waals surface area contributed by atoms with Gasteiger partial charge in [-0.2, -0.15) is 40.6 Å². The highest BCUT2D eigenvalue weighted by Gasteiger charge is 2.52. The first-order chi connectivity index (χ1) is 58.3. The number of aliphatic hydroxyl groups is 12. The Morgan fingerprint density at radius 1 is 0.398 bits per heavy atom. The molecule has 0 unspecified atom stereocenters. The Bertz CT molecular complexity index is 5590. The summed E-state index contributed by atoms with van der Waals surface area (Å²) < 4.78 is 135. The van der Waals surface area contributed by atoms with Gasteiger partial charge >= 0.3 is 0 Å². The van der Waals surface area contributed by atoms with Crippen LogP contribution in [0.2, 0.25) is 0 Å². The Kier molecular flexibility index (Phi) is 28.2. The number of aryl methyl sites for hydroxylation is 5. The van der Waals surface area contributed by atoms with Crippen LogP contribution in [0.25, 0.3) is 33.9 Å². The molecule has 12 aromatic rings. The molecule has 6 fully saturated rings. The molecule has 0 bridgehead atoms. The van der Waals surface area contributed by atoms with Crippen molar-refractivity contribution in [1.29, 1.82) is 0 Å². The minimum Gasteiger partial charge on any atom is -0.478 e. The number of nitrogen functional groups attached to an aromatic ring is 3. The molecular weight excluding hydrogens is 1650 g/mol. The largest absolute Gasteiger partial charge is 0.478 e. The van der Waals surface area contributed by atoms with Crippen LogP contribution in [0.3, 0.4) is 0 Å². The number of H-pyrrole nitrogens is 1. The molecule has 24 atom stereocenters. The Balaban J connectivity index is 0.000000135. The lowest BCUT2D eigenvalue weighted by molar-refractivity contribution is -0.0241. The molecule has 6 aliphatic rings. The Labute approximate surface area is 688 Å². The molecule has 0 radical (unpaired) electrons. The molecule has 668 valence electrons. The van der Waals surface area contributed by atoms with E-state index in [0.29, 0.717) is 104 Å². The van der Waals surface area contributed by atoms with Gasteiger partial charge in [0, 0.05) is 0 Å². The second kappa shape index (κ2) is 38.0. The van der Waals surface area contributed by atoms with Crippen LogP contribution >= 0.6 is 0 Å². The quantitative estimate of drug-likeness (QED) is 0.0449. The van der Waals surface area contributed by atoms with E-state index in [-0.39, 0.29) is 36.3 Å². The van der Waals surface area contributed by atoms with E-state index in [0.717, 1.165) is 0 Å². The molecule has 0 saturated carbocycles. The summed E-state index contributed by atoms with van der Waals surface area (Å²) in [5.41, 5.74) is 20.7. The van der Waals surface area contributed by atoms with Gasteiger partial charge in [0.2, 0.25) is 16.9 Å². The smallest absolute Gasteiger partial charge is 0.294 e. The molecule has 19 N–H and O–H groups in total. The highest BCUT2D eigenvalue weighted by molar-refractivity contribution is 5.64. The number of hydrogen-bond acceptors (Lipinski definition) is 40. The average Bonchev–Trinajstić information content (AvgIpc) is 1.57. The first kappa shape index (κ1) is 91.2. The number of methoxy groups -OCH3 is 1. The molecule has 6 aliphatic heterocycles. The van der Waals surface area contributed by atoms with E-state index >= 15 is 0 Å². The molecule has 18 rings (SSSR count). The van der Waals surface area contributed by atoms with Crippen LogP contribution in [0, 0.1) is 34.6 Å². The Hall–Kier alpha value is -11.0. The van der Waals surface area contributed by atoms with Crippen LogP contribution in [0.1, 0.15) is 114 Å². The molecular formula is C70H90F6N26O21. The van der Waals surface area contributed by atoms with Crippen molar-refractivity contribution in [3.8, 4) is 11.8 Å². The minimum absolute atomic E-state index is 0. The standard InChI is InChI=1S/C13H17FN4O4.C12H15FN4O4.2C11H14FN5O3.C11H13FN4O4.C11H13FN4O3.CH4/c1-3-21-13-12-15-4-7(18(12)17-6(2)16-13)11-9(14)10(20)8(5-19)22-11;1-5-15-12(20-2)11-14-3-6(17(11)16-5)10-8(13)9(19)7(4-18)21-10;2*1-4-15-10(13)11-14-2-5(17(11)16-4)9-7(12)8(19)6(3-18)20-9;1-4-14-11(19)10-13-2-5(16(10)15-4)9-7(12)8(18)6(3-17)20-9;12-8-9(18)7(4-17)19-10(8)6-3-14-11-5(13)1-2-15-16(6)11;/h4,8-11,19-20H,3,5H2,1-2H3;3,7-10,18-19H,4H2,1-2H3;2*2,6-9,18-19H,3H2,1H3,(H2,13,15,16);2,6-9,17-18H,3H2,1H3,(H,14,15,19);1-3,7-10,17-18H,4,13H2;1H4/t8-,9-,10-,11+;7-,8-,9-,10+;3*6-,7-,8-,9+;7-,8-,9-,10+;/m111111./s1. The van der Waals surface area contributed by atoms with Crippen molar-refractivity contribution in [3.05, 3.63) is 123 Å². The Morgan fingerprint density at radius 3 is 0.976 bits per heavy atom. The third-order valence-electron chi connectivity index (χ3n) is 20.1. The first-order valence-corrected chi connectivity index (χ1v) is 37.4. The predicted octanol–water partition coefficient (Wildman–Crippen LogP) is -3.24. The van der Waals surface area contributed by atoms with Gasteiger partial charge in [0.05, 0.1) is 137 Å². The number of nitrogens with one attached hydrogen (secondary N) is 1. The van der Waals surface area contributed by atoms with E-state index < -0.39 is 192 Å². The van der Waals surface area contributed by atoms with Crippen molar-refractivity contribution in [1.82, 2.24) is 113 Å². The second-order valence-electron chi connectivity index (χ2n) is 28.3. The van der Waals surface area contributed by atoms with E-state index in [1.54, 1.807) is 40.7 Å². The van der Waals surface area contributed by atoms with Crippen molar-refractivity contribution in [2.45, 2.75) is 196 Å². The van der Waals surface area contributed by atoms with Gasteiger partial charge in [-0.15, -0.1) is 0 Å². The fourth-order valence-corrected chi connectivity index (χ4v) is 14.2. The van der Waals surface area contributed by atoms with Crippen molar-refractivity contribution in [3.63, 3.8) is 0 Å². The van der Waals surface area contributed by atoms with Gasteiger partial charge in [-0.1, -0.05) is 7.43 Å². The fourth-order valence-electron chi connectivity index (χ4n) is 14.2. The summed E-state index contributed by atoms with van der Waals surface area (Å²) >= 11 is 0.